The number of rotatable bonds is 7. The molecule has 182 valence electrons. The van der Waals surface area contributed by atoms with Crippen LogP contribution < -0.4 is 9.54 Å². The number of hydrogen-bond acceptors (Lipinski definition) is 6. The van der Waals surface area contributed by atoms with E-state index >= 15 is 0 Å². The summed E-state index contributed by atoms with van der Waals surface area (Å²) in [4.78, 5) is 18.5. The van der Waals surface area contributed by atoms with Crippen molar-refractivity contribution in [2.75, 3.05) is 32.2 Å². The number of fused-ring (bicyclic) bond motifs is 1. The second-order valence-electron chi connectivity index (χ2n) is 7.97. The number of thioether (sulfide) groups is 1. The highest BCUT2D eigenvalue weighted by atomic mass is 35.5. The van der Waals surface area contributed by atoms with Gasteiger partial charge >= 0.3 is 0 Å². The molecule has 0 saturated carbocycles. The summed E-state index contributed by atoms with van der Waals surface area (Å²) in [6.07, 6.45) is 3.26. The summed E-state index contributed by atoms with van der Waals surface area (Å²) in [7, 11) is -2.08. The highest BCUT2D eigenvalue weighted by molar-refractivity contribution is 7.98. The van der Waals surface area contributed by atoms with E-state index in [2.05, 4.69) is 9.56 Å². The molecule has 1 atom stereocenters. The first kappa shape index (κ1) is 25.2. The lowest BCUT2D eigenvalue weighted by Gasteiger charge is -2.30. The van der Waals surface area contributed by atoms with Crippen LogP contribution in [0.25, 0.3) is 10.2 Å². The predicted octanol–water partition coefficient (Wildman–Crippen LogP) is 4.26. The maximum Gasteiger partial charge on any atom is 0.252 e. The molecule has 0 bridgehead atoms. The summed E-state index contributed by atoms with van der Waals surface area (Å²) in [5, 5.41) is 0.472. The Labute approximate surface area is 212 Å². The van der Waals surface area contributed by atoms with E-state index in [0.29, 0.717) is 29.2 Å². The molecule has 2 aromatic carbocycles. The third-order valence-corrected chi connectivity index (χ3v) is 9.56. The van der Waals surface area contributed by atoms with E-state index in [4.69, 9.17) is 16.3 Å². The van der Waals surface area contributed by atoms with Crippen molar-refractivity contribution in [3.63, 3.8) is 0 Å². The van der Waals surface area contributed by atoms with Gasteiger partial charge in [-0.1, -0.05) is 22.9 Å². The van der Waals surface area contributed by atoms with E-state index in [9.17, 15) is 13.2 Å². The second kappa shape index (κ2) is 10.8. The zero-order valence-corrected chi connectivity index (χ0v) is 22.1. The van der Waals surface area contributed by atoms with Crippen LogP contribution in [0.2, 0.25) is 5.02 Å². The maximum absolute atomic E-state index is 13.2. The number of sulfonamides is 1. The van der Waals surface area contributed by atoms with Crippen molar-refractivity contribution in [2.45, 2.75) is 24.3 Å². The van der Waals surface area contributed by atoms with Gasteiger partial charge in [0.15, 0.2) is 4.80 Å². The lowest BCUT2D eigenvalue weighted by Crippen LogP contribution is -2.42. The van der Waals surface area contributed by atoms with Crippen LogP contribution in [0.15, 0.2) is 52.4 Å². The Hall–Kier alpha value is -1.85. The van der Waals surface area contributed by atoms with Crippen LogP contribution in [0, 0.1) is 5.92 Å². The Morgan fingerprint density at radius 2 is 2.03 bits per heavy atom. The lowest BCUT2D eigenvalue weighted by molar-refractivity contribution is -0.122. The molecule has 1 saturated heterocycles. The van der Waals surface area contributed by atoms with Crippen molar-refractivity contribution in [1.82, 2.24) is 8.87 Å². The Balaban J connectivity index is 1.62. The summed E-state index contributed by atoms with van der Waals surface area (Å²) in [5.74, 6) is 0.867. The fourth-order valence-corrected chi connectivity index (χ4v) is 7.07. The average molecular weight is 540 g/mol. The number of piperidine rings is 1. The SMILES string of the molecule is COc1ccc2c(c1)sc(=NC(=O)C1CCCN(S(=O)(=O)c3ccc(Cl)cc3)C1)n2CCSC. The molecule has 1 aliphatic rings. The summed E-state index contributed by atoms with van der Waals surface area (Å²) < 4.78 is 36.0. The minimum absolute atomic E-state index is 0.122. The largest absolute Gasteiger partial charge is 0.497 e. The normalized spacial score (nSPS) is 17.9. The molecule has 11 heteroatoms. The Bertz CT molecular complexity index is 1350. The van der Waals surface area contributed by atoms with Gasteiger partial charge in [0.25, 0.3) is 5.91 Å². The zero-order chi connectivity index (χ0) is 24.3. The Kier molecular flexibility index (Phi) is 8.04. The van der Waals surface area contributed by atoms with Crippen LogP contribution in [0.5, 0.6) is 5.75 Å². The number of ether oxygens (including phenoxy) is 1. The van der Waals surface area contributed by atoms with Gasteiger partial charge in [-0.05, 0) is 61.6 Å². The molecule has 4 rings (SSSR count). The van der Waals surface area contributed by atoms with Crippen molar-refractivity contribution in [3.8, 4) is 5.75 Å². The van der Waals surface area contributed by atoms with E-state index in [-0.39, 0.29) is 17.3 Å². The topological polar surface area (TPSA) is 81.0 Å². The monoisotopic (exact) mass is 539 g/mol. The van der Waals surface area contributed by atoms with Crippen molar-refractivity contribution in [2.24, 2.45) is 10.9 Å². The van der Waals surface area contributed by atoms with Crippen LogP contribution in [0.4, 0.5) is 0 Å². The van der Waals surface area contributed by atoms with Crippen LogP contribution in [0.1, 0.15) is 12.8 Å². The molecule has 7 nitrogen and oxygen atoms in total. The van der Waals surface area contributed by atoms with E-state index < -0.39 is 15.9 Å². The number of thiazole rings is 1. The minimum Gasteiger partial charge on any atom is -0.497 e. The predicted molar refractivity (Wildman–Crippen MR) is 138 cm³/mol. The molecule has 1 amide bonds. The number of benzene rings is 2. The van der Waals surface area contributed by atoms with Crippen LogP contribution in [0.3, 0.4) is 0 Å². The zero-order valence-electron chi connectivity index (χ0n) is 18.9. The molecule has 0 N–H and O–H groups in total. The molecule has 0 radical (unpaired) electrons. The quantitative estimate of drug-likeness (QED) is 0.448. The number of nitrogens with zero attached hydrogens (tertiary/aromatic N) is 3. The lowest BCUT2D eigenvalue weighted by atomic mass is 9.99. The number of amides is 1. The molecular weight excluding hydrogens is 514 g/mol. The highest BCUT2D eigenvalue weighted by Crippen LogP contribution is 2.26. The van der Waals surface area contributed by atoms with Gasteiger partial charge in [-0.25, -0.2) is 8.42 Å². The molecule has 1 unspecified atom stereocenters. The highest BCUT2D eigenvalue weighted by Gasteiger charge is 2.33. The van der Waals surface area contributed by atoms with Gasteiger partial charge in [0.05, 0.1) is 28.1 Å². The van der Waals surface area contributed by atoms with Crippen molar-refractivity contribution in [1.29, 1.82) is 0 Å². The van der Waals surface area contributed by atoms with E-state index in [1.165, 1.54) is 27.8 Å². The van der Waals surface area contributed by atoms with E-state index in [1.807, 2.05) is 24.5 Å². The van der Waals surface area contributed by atoms with Crippen LogP contribution in [-0.2, 0) is 21.4 Å². The first-order valence-corrected chi connectivity index (χ1v) is 14.9. The second-order valence-corrected chi connectivity index (χ2v) is 12.3. The molecule has 34 heavy (non-hydrogen) atoms. The molecule has 3 aromatic rings. The number of aryl methyl sites for hydroxylation is 1. The van der Waals surface area contributed by atoms with Gasteiger partial charge in [-0.15, -0.1) is 0 Å². The molecule has 1 aromatic heterocycles. The first-order valence-electron chi connectivity index (χ1n) is 10.8. The van der Waals surface area contributed by atoms with Crippen LogP contribution >= 0.6 is 34.7 Å². The molecule has 0 aliphatic carbocycles. The van der Waals surface area contributed by atoms with Crippen molar-refractivity contribution >= 4 is 60.8 Å². The van der Waals surface area contributed by atoms with Crippen molar-refractivity contribution < 1.29 is 17.9 Å². The first-order chi connectivity index (χ1) is 16.3. The molecule has 1 aliphatic heterocycles. The Morgan fingerprint density at radius 1 is 1.26 bits per heavy atom. The summed E-state index contributed by atoms with van der Waals surface area (Å²) in [5.41, 5.74) is 1.00. The number of aromatic nitrogens is 1. The number of methoxy groups -OCH3 is 1. The van der Waals surface area contributed by atoms with Crippen LogP contribution in [-0.4, -0.2) is 55.4 Å². The molecule has 0 spiro atoms. The van der Waals surface area contributed by atoms with Gasteiger partial charge in [-0.2, -0.15) is 21.1 Å². The molecule has 1 fully saturated rings. The summed E-state index contributed by atoms with van der Waals surface area (Å²) >= 11 is 9.07. The molecular formula is C23H26ClN3O4S3. The van der Waals surface area contributed by atoms with Gasteiger partial charge < -0.3 is 9.30 Å². The standard InChI is InChI=1S/C23H26ClN3O4S3/c1-31-18-7-10-20-21(14-18)33-23(27(20)12-13-32-2)25-22(28)16-4-3-11-26(15-16)34(29,30)19-8-5-17(24)6-9-19/h5-10,14,16H,3-4,11-13,15H2,1-2H3. The van der Waals surface area contributed by atoms with Gasteiger partial charge in [0.2, 0.25) is 10.0 Å². The van der Waals surface area contributed by atoms with Gasteiger partial charge in [0.1, 0.15) is 5.75 Å². The minimum atomic E-state index is -3.70. The Morgan fingerprint density at radius 3 is 2.74 bits per heavy atom. The maximum atomic E-state index is 13.2. The van der Waals surface area contributed by atoms with E-state index in [1.54, 1.807) is 31.0 Å². The number of hydrogen-bond donors (Lipinski definition) is 0. The average Bonchev–Trinajstić information content (AvgIpc) is 3.18. The third kappa shape index (κ3) is 5.36. The van der Waals surface area contributed by atoms with Crippen molar-refractivity contribution in [3.05, 3.63) is 52.3 Å². The smallest absolute Gasteiger partial charge is 0.252 e. The summed E-state index contributed by atoms with van der Waals surface area (Å²) in [6.45, 7) is 1.23. The van der Waals surface area contributed by atoms with Gasteiger partial charge in [0, 0.05) is 30.4 Å². The molecule has 2 heterocycles. The fraction of sp³-hybridized carbons (Fsp3) is 0.391. The summed E-state index contributed by atoms with van der Waals surface area (Å²) in [6, 6.07) is 11.9. The fourth-order valence-electron chi connectivity index (χ4n) is 3.97. The number of halogens is 1. The number of carbonyl (C=O) groups excluding carboxylic acids is 1. The number of carbonyl (C=O) groups is 1. The van der Waals surface area contributed by atoms with Gasteiger partial charge in [-0.3, -0.25) is 4.79 Å². The van der Waals surface area contributed by atoms with E-state index in [0.717, 1.165) is 28.3 Å². The third-order valence-electron chi connectivity index (χ3n) is 5.80.